The standard InChI is InChI=1S/C17H31N3O4/c1-5-10(3)13(18)16(22)20-9-7-8-12(20)15(21)19-14(17(23)24)11(4)6-2/h10-14H,5-9,18H2,1-4H3,(H,19,21)(H,23,24)/t10-,11-,12+,13-,14+/m0/s1. The number of carbonyl (C=O) groups excluding carboxylic acids is 2. The van der Waals surface area contributed by atoms with E-state index in [4.69, 9.17) is 5.73 Å². The molecule has 5 atom stereocenters. The van der Waals surface area contributed by atoms with E-state index in [2.05, 4.69) is 5.32 Å². The second-order valence-corrected chi connectivity index (χ2v) is 6.81. The van der Waals surface area contributed by atoms with Gasteiger partial charge in [0.15, 0.2) is 0 Å². The zero-order valence-electron chi connectivity index (χ0n) is 15.1. The maximum absolute atomic E-state index is 12.6. The van der Waals surface area contributed by atoms with Crippen LogP contribution in [0.3, 0.4) is 0 Å². The van der Waals surface area contributed by atoms with Gasteiger partial charge in [-0.25, -0.2) is 4.79 Å². The van der Waals surface area contributed by atoms with Gasteiger partial charge in [-0.3, -0.25) is 9.59 Å². The van der Waals surface area contributed by atoms with Crippen LogP contribution in [0.25, 0.3) is 0 Å². The Morgan fingerprint density at radius 3 is 2.29 bits per heavy atom. The molecule has 1 aliphatic heterocycles. The summed E-state index contributed by atoms with van der Waals surface area (Å²) >= 11 is 0. The minimum absolute atomic E-state index is 0.0358. The minimum Gasteiger partial charge on any atom is -0.480 e. The van der Waals surface area contributed by atoms with Crippen molar-refractivity contribution in [2.45, 2.75) is 71.5 Å². The molecular weight excluding hydrogens is 310 g/mol. The van der Waals surface area contributed by atoms with Crippen LogP contribution in [-0.2, 0) is 14.4 Å². The zero-order chi connectivity index (χ0) is 18.4. The highest BCUT2D eigenvalue weighted by Crippen LogP contribution is 2.21. The fraction of sp³-hybridized carbons (Fsp3) is 0.824. The second-order valence-electron chi connectivity index (χ2n) is 6.81. The molecule has 0 radical (unpaired) electrons. The summed E-state index contributed by atoms with van der Waals surface area (Å²) in [6, 6.07) is -2.20. The maximum Gasteiger partial charge on any atom is 0.326 e. The van der Waals surface area contributed by atoms with Crippen LogP contribution in [0.5, 0.6) is 0 Å². The quantitative estimate of drug-likeness (QED) is 0.609. The number of aliphatic carboxylic acids is 1. The summed E-state index contributed by atoms with van der Waals surface area (Å²) < 4.78 is 0. The average Bonchev–Trinajstić information content (AvgIpc) is 3.05. The van der Waals surface area contributed by atoms with Crippen molar-refractivity contribution in [3.8, 4) is 0 Å². The van der Waals surface area contributed by atoms with Crippen LogP contribution >= 0.6 is 0 Å². The molecule has 7 heteroatoms. The van der Waals surface area contributed by atoms with Crippen LogP contribution in [0.15, 0.2) is 0 Å². The molecule has 1 fully saturated rings. The first kappa shape index (κ1) is 20.4. The van der Waals surface area contributed by atoms with E-state index < -0.39 is 30.0 Å². The molecule has 1 heterocycles. The molecule has 0 aromatic carbocycles. The number of amides is 2. The maximum atomic E-state index is 12.6. The van der Waals surface area contributed by atoms with Gasteiger partial charge in [0.1, 0.15) is 12.1 Å². The Balaban J connectivity index is 2.82. The Bertz CT molecular complexity index is 469. The minimum atomic E-state index is -1.05. The van der Waals surface area contributed by atoms with Crippen molar-refractivity contribution in [3.05, 3.63) is 0 Å². The van der Waals surface area contributed by atoms with Crippen molar-refractivity contribution in [2.75, 3.05) is 6.54 Å². The summed E-state index contributed by atoms with van der Waals surface area (Å²) in [5.74, 6) is -1.82. The van der Waals surface area contributed by atoms with Crippen LogP contribution in [-0.4, -0.2) is 52.5 Å². The molecule has 7 nitrogen and oxygen atoms in total. The third-order valence-electron chi connectivity index (χ3n) is 5.16. The summed E-state index contributed by atoms with van der Waals surface area (Å²) in [4.78, 5) is 38.0. The van der Waals surface area contributed by atoms with E-state index in [1.807, 2.05) is 20.8 Å². The monoisotopic (exact) mass is 341 g/mol. The summed E-state index contributed by atoms with van der Waals surface area (Å²) in [6.45, 7) is 8.04. The first-order valence-corrected chi connectivity index (χ1v) is 8.83. The second kappa shape index (κ2) is 9.01. The SMILES string of the molecule is CC[C@H](C)[C@H](N)C(=O)N1CCC[C@@H]1C(=O)N[C@@H](C(=O)O)[C@@H](C)CC. The van der Waals surface area contributed by atoms with E-state index in [0.717, 1.165) is 12.8 Å². The molecule has 0 unspecified atom stereocenters. The van der Waals surface area contributed by atoms with Gasteiger partial charge in [-0.05, 0) is 24.7 Å². The Hall–Kier alpha value is -1.63. The highest BCUT2D eigenvalue weighted by molar-refractivity contribution is 5.92. The number of rotatable bonds is 8. The van der Waals surface area contributed by atoms with Gasteiger partial charge >= 0.3 is 5.97 Å². The number of nitrogens with two attached hydrogens (primary N) is 1. The van der Waals surface area contributed by atoms with Gasteiger partial charge in [0.25, 0.3) is 0 Å². The molecule has 24 heavy (non-hydrogen) atoms. The molecule has 1 saturated heterocycles. The van der Waals surface area contributed by atoms with Crippen LogP contribution < -0.4 is 11.1 Å². The molecule has 0 saturated carbocycles. The number of nitrogens with zero attached hydrogens (tertiary/aromatic N) is 1. The lowest BCUT2D eigenvalue weighted by atomic mass is 9.97. The normalized spacial score (nSPS) is 22.5. The average molecular weight is 341 g/mol. The Morgan fingerprint density at radius 1 is 1.21 bits per heavy atom. The van der Waals surface area contributed by atoms with E-state index in [1.54, 1.807) is 6.92 Å². The van der Waals surface area contributed by atoms with Gasteiger partial charge in [0.2, 0.25) is 11.8 Å². The first-order valence-electron chi connectivity index (χ1n) is 8.83. The predicted molar refractivity (Wildman–Crippen MR) is 91.2 cm³/mol. The molecule has 2 amide bonds. The number of carbonyl (C=O) groups is 3. The van der Waals surface area contributed by atoms with Gasteiger partial charge in [0, 0.05) is 6.54 Å². The molecule has 0 aromatic heterocycles. The predicted octanol–water partition coefficient (Wildman–Crippen LogP) is 0.966. The lowest BCUT2D eigenvalue weighted by molar-refractivity contribution is -0.145. The number of likely N-dealkylation sites (tertiary alicyclic amines) is 1. The molecule has 0 aromatic rings. The van der Waals surface area contributed by atoms with Crippen LogP contribution in [0.1, 0.15) is 53.4 Å². The number of hydrogen-bond donors (Lipinski definition) is 3. The van der Waals surface area contributed by atoms with E-state index >= 15 is 0 Å². The van der Waals surface area contributed by atoms with Crippen molar-refractivity contribution in [2.24, 2.45) is 17.6 Å². The third kappa shape index (κ3) is 4.69. The molecule has 0 spiro atoms. The smallest absolute Gasteiger partial charge is 0.326 e. The molecule has 4 N–H and O–H groups in total. The fourth-order valence-electron chi connectivity index (χ4n) is 2.92. The Labute approximate surface area is 144 Å². The Morgan fingerprint density at radius 2 is 1.79 bits per heavy atom. The van der Waals surface area contributed by atoms with E-state index in [1.165, 1.54) is 4.90 Å². The van der Waals surface area contributed by atoms with Crippen molar-refractivity contribution in [1.82, 2.24) is 10.2 Å². The number of hydrogen-bond acceptors (Lipinski definition) is 4. The van der Waals surface area contributed by atoms with Crippen LogP contribution in [0, 0.1) is 11.8 Å². The fourth-order valence-corrected chi connectivity index (χ4v) is 2.92. The molecule has 0 aliphatic carbocycles. The van der Waals surface area contributed by atoms with Gasteiger partial charge < -0.3 is 21.1 Å². The zero-order valence-corrected chi connectivity index (χ0v) is 15.1. The van der Waals surface area contributed by atoms with Crippen LogP contribution in [0.4, 0.5) is 0 Å². The number of carboxylic acid groups (broad SMARTS) is 1. The van der Waals surface area contributed by atoms with Crippen LogP contribution in [0.2, 0.25) is 0 Å². The molecule has 138 valence electrons. The van der Waals surface area contributed by atoms with E-state index in [-0.39, 0.29) is 17.7 Å². The highest BCUT2D eigenvalue weighted by atomic mass is 16.4. The lowest BCUT2D eigenvalue weighted by Crippen LogP contribution is -2.55. The van der Waals surface area contributed by atoms with E-state index in [9.17, 15) is 19.5 Å². The summed E-state index contributed by atoms with van der Waals surface area (Å²) in [5, 5.41) is 11.9. The third-order valence-corrected chi connectivity index (χ3v) is 5.16. The summed E-state index contributed by atoms with van der Waals surface area (Å²) in [7, 11) is 0. The number of carboxylic acids is 1. The molecule has 0 bridgehead atoms. The largest absolute Gasteiger partial charge is 0.480 e. The van der Waals surface area contributed by atoms with Crippen molar-refractivity contribution < 1.29 is 19.5 Å². The number of nitrogens with one attached hydrogen (secondary N) is 1. The summed E-state index contributed by atoms with van der Waals surface area (Å²) in [6.07, 6.45) is 2.69. The van der Waals surface area contributed by atoms with Crippen molar-refractivity contribution >= 4 is 17.8 Å². The molecule has 1 aliphatic rings. The van der Waals surface area contributed by atoms with Crippen molar-refractivity contribution in [1.29, 1.82) is 0 Å². The van der Waals surface area contributed by atoms with Gasteiger partial charge in [-0.1, -0.05) is 40.5 Å². The molecule has 1 rings (SSSR count). The lowest BCUT2D eigenvalue weighted by Gasteiger charge is -2.30. The molecular formula is C17H31N3O4. The first-order chi connectivity index (χ1) is 11.2. The highest BCUT2D eigenvalue weighted by Gasteiger charge is 2.38. The van der Waals surface area contributed by atoms with Gasteiger partial charge in [-0.15, -0.1) is 0 Å². The Kier molecular flexibility index (Phi) is 7.66. The van der Waals surface area contributed by atoms with Crippen molar-refractivity contribution in [3.63, 3.8) is 0 Å². The van der Waals surface area contributed by atoms with E-state index in [0.29, 0.717) is 19.4 Å². The van der Waals surface area contributed by atoms with Gasteiger partial charge in [0.05, 0.1) is 6.04 Å². The van der Waals surface area contributed by atoms with Gasteiger partial charge in [-0.2, -0.15) is 0 Å². The topological polar surface area (TPSA) is 113 Å². The summed E-state index contributed by atoms with van der Waals surface area (Å²) in [5.41, 5.74) is 6.02.